The van der Waals surface area contributed by atoms with Crippen molar-refractivity contribution in [3.8, 4) is 6.07 Å². The standard InChI is InChI=1S/C30H40N6O4/c1-19(2)34-29(6,7)20-8-10-21(11-9-20)33-25-24-22(13-17-32-26(24)37)36(35-25)30(15-16-31)14-12-23(39-18-30)27(38)40-28(3,4)5/h8-11,13,17,19,23,34H,12,14-15,18H2,1-7H3,(H,32,37)(H,33,35)/t23-,30?/m0/s1. The average Bonchev–Trinajstić information content (AvgIpc) is 3.23. The molecule has 214 valence electrons. The van der Waals surface area contributed by atoms with Crippen molar-refractivity contribution in [2.24, 2.45) is 0 Å². The highest BCUT2D eigenvalue weighted by atomic mass is 16.6. The van der Waals surface area contributed by atoms with Gasteiger partial charge in [0.05, 0.1) is 30.2 Å². The minimum Gasteiger partial charge on any atom is -0.458 e. The van der Waals surface area contributed by atoms with E-state index in [-0.39, 0.29) is 24.1 Å². The number of nitrogens with one attached hydrogen (secondary N) is 3. The average molecular weight is 549 g/mol. The van der Waals surface area contributed by atoms with Gasteiger partial charge < -0.3 is 25.1 Å². The lowest BCUT2D eigenvalue weighted by Gasteiger charge is -2.39. The third-order valence-electron chi connectivity index (χ3n) is 7.07. The summed E-state index contributed by atoms with van der Waals surface area (Å²) in [6.07, 6.45) is 1.77. The number of H-pyrrole nitrogens is 1. The van der Waals surface area contributed by atoms with Crippen molar-refractivity contribution in [1.82, 2.24) is 20.1 Å². The summed E-state index contributed by atoms with van der Waals surface area (Å²) in [7, 11) is 0. The number of hydrogen-bond donors (Lipinski definition) is 3. The summed E-state index contributed by atoms with van der Waals surface area (Å²) < 4.78 is 13.2. The van der Waals surface area contributed by atoms with Crippen LogP contribution in [-0.2, 0) is 25.3 Å². The van der Waals surface area contributed by atoms with Crippen LogP contribution in [0.1, 0.15) is 73.3 Å². The van der Waals surface area contributed by atoms with Gasteiger partial charge in [-0.25, -0.2) is 4.79 Å². The Balaban J connectivity index is 1.66. The zero-order chi connectivity index (χ0) is 29.3. The van der Waals surface area contributed by atoms with E-state index in [1.54, 1.807) is 16.9 Å². The second kappa shape index (κ2) is 11.1. The Bertz CT molecular complexity index is 1450. The van der Waals surface area contributed by atoms with Crippen LogP contribution in [0.5, 0.6) is 0 Å². The summed E-state index contributed by atoms with van der Waals surface area (Å²) in [5.41, 5.74) is 0.515. The number of carbonyl (C=O) groups is 1. The molecule has 0 radical (unpaired) electrons. The number of aromatic nitrogens is 3. The van der Waals surface area contributed by atoms with E-state index in [9.17, 15) is 14.9 Å². The number of aromatic amines is 1. The van der Waals surface area contributed by atoms with Gasteiger partial charge in [-0.1, -0.05) is 26.0 Å². The molecule has 4 rings (SSSR count). The van der Waals surface area contributed by atoms with Crippen LogP contribution >= 0.6 is 0 Å². The van der Waals surface area contributed by atoms with E-state index in [4.69, 9.17) is 14.6 Å². The van der Waals surface area contributed by atoms with Crippen LogP contribution in [0.4, 0.5) is 11.5 Å². The molecule has 3 N–H and O–H groups in total. The molecular formula is C30H40N6O4. The summed E-state index contributed by atoms with van der Waals surface area (Å²) in [4.78, 5) is 28.4. The van der Waals surface area contributed by atoms with Crippen molar-refractivity contribution in [2.45, 2.75) is 96.6 Å². The first-order chi connectivity index (χ1) is 18.7. The molecule has 1 unspecified atom stereocenters. The molecular weight excluding hydrogens is 508 g/mol. The molecule has 0 aliphatic carbocycles. The number of hydrogen-bond acceptors (Lipinski definition) is 8. The van der Waals surface area contributed by atoms with Crippen molar-refractivity contribution in [2.75, 3.05) is 11.9 Å². The minimum atomic E-state index is -0.852. The summed E-state index contributed by atoms with van der Waals surface area (Å²) >= 11 is 0. The van der Waals surface area contributed by atoms with E-state index in [0.717, 1.165) is 11.3 Å². The summed E-state index contributed by atoms with van der Waals surface area (Å²) in [6, 6.07) is 12.4. The van der Waals surface area contributed by atoms with Crippen molar-refractivity contribution in [1.29, 1.82) is 5.26 Å². The molecule has 1 fully saturated rings. The van der Waals surface area contributed by atoms with Gasteiger partial charge in [-0.3, -0.25) is 9.48 Å². The molecule has 3 aromatic rings. The number of pyridine rings is 1. The number of esters is 1. The molecule has 2 atom stereocenters. The van der Waals surface area contributed by atoms with E-state index in [2.05, 4.69) is 49.4 Å². The lowest BCUT2D eigenvalue weighted by molar-refractivity contribution is -0.176. The second-order valence-corrected chi connectivity index (χ2v) is 12.4. The summed E-state index contributed by atoms with van der Waals surface area (Å²) in [5.74, 6) is -0.0341. The largest absolute Gasteiger partial charge is 0.458 e. The zero-order valence-electron chi connectivity index (χ0n) is 24.4. The minimum absolute atomic E-state index is 0.0835. The molecule has 2 aromatic heterocycles. The molecule has 1 saturated heterocycles. The number of nitrogens with zero attached hydrogens (tertiary/aromatic N) is 3. The van der Waals surface area contributed by atoms with Crippen LogP contribution in [0.25, 0.3) is 10.9 Å². The maximum absolute atomic E-state index is 13.0. The van der Waals surface area contributed by atoms with Gasteiger partial charge in [-0.2, -0.15) is 10.4 Å². The van der Waals surface area contributed by atoms with Gasteiger partial charge in [0.15, 0.2) is 11.9 Å². The topological polar surface area (TPSA) is 134 Å². The third-order valence-corrected chi connectivity index (χ3v) is 7.07. The molecule has 3 heterocycles. The van der Waals surface area contributed by atoms with Gasteiger partial charge in [0.1, 0.15) is 11.0 Å². The molecule has 0 saturated carbocycles. The molecule has 0 bridgehead atoms. The van der Waals surface area contributed by atoms with Gasteiger partial charge in [0.2, 0.25) is 0 Å². The van der Waals surface area contributed by atoms with Gasteiger partial charge in [0.25, 0.3) is 5.56 Å². The number of rotatable bonds is 8. The van der Waals surface area contributed by atoms with Crippen LogP contribution in [0.15, 0.2) is 41.3 Å². The molecule has 40 heavy (non-hydrogen) atoms. The zero-order valence-corrected chi connectivity index (χ0v) is 24.4. The number of anilines is 2. The fraction of sp³-hybridized carbons (Fsp3) is 0.533. The van der Waals surface area contributed by atoms with Gasteiger partial charge >= 0.3 is 5.97 Å². The Hall–Kier alpha value is -3.68. The highest BCUT2D eigenvalue weighted by molar-refractivity contribution is 5.91. The lowest BCUT2D eigenvalue weighted by atomic mass is 9.87. The number of ether oxygens (including phenoxy) is 2. The summed E-state index contributed by atoms with van der Waals surface area (Å²) in [6.45, 7) is 14.0. The van der Waals surface area contributed by atoms with Crippen LogP contribution in [0, 0.1) is 11.3 Å². The number of benzene rings is 1. The Kier molecular flexibility index (Phi) is 8.11. The van der Waals surface area contributed by atoms with Crippen molar-refractivity contribution in [3.63, 3.8) is 0 Å². The predicted molar refractivity (Wildman–Crippen MR) is 154 cm³/mol. The third kappa shape index (κ3) is 6.21. The molecule has 1 aromatic carbocycles. The Morgan fingerprint density at radius 3 is 2.52 bits per heavy atom. The molecule has 1 aliphatic rings. The van der Waals surface area contributed by atoms with Crippen LogP contribution in [0.2, 0.25) is 0 Å². The number of fused-ring (bicyclic) bond motifs is 1. The maximum atomic E-state index is 13.0. The number of nitriles is 1. The first kappa shape index (κ1) is 29.3. The maximum Gasteiger partial charge on any atom is 0.335 e. The van der Waals surface area contributed by atoms with E-state index >= 15 is 0 Å². The lowest BCUT2D eigenvalue weighted by Crippen LogP contribution is -2.47. The van der Waals surface area contributed by atoms with Gasteiger partial charge in [-0.15, -0.1) is 0 Å². The molecule has 1 aliphatic heterocycles. The summed E-state index contributed by atoms with van der Waals surface area (Å²) in [5, 5.41) is 21.8. The predicted octanol–water partition coefficient (Wildman–Crippen LogP) is 4.83. The highest BCUT2D eigenvalue weighted by Gasteiger charge is 2.43. The fourth-order valence-corrected chi connectivity index (χ4v) is 5.33. The smallest absolute Gasteiger partial charge is 0.335 e. The van der Waals surface area contributed by atoms with Gasteiger partial charge in [-0.05, 0) is 71.2 Å². The SMILES string of the molecule is CC(C)NC(C)(C)c1ccc(Nc2nn(C3(CC#N)CC[C@@H](C(=O)OC(C)(C)C)OC3)c3cc[nH]c(=O)c23)cc1. The van der Waals surface area contributed by atoms with Crippen molar-refractivity contribution in [3.05, 3.63) is 52.4 Å². The molecule has 0 amide bonds. The van der Waals surface area contributed by atoms with E-state index in [0.29, 0.717) is 35.6 Å². The van der Waals surface area contributed by atoms with Crippen molar-refractivity contribution >= 4 is 28.4 Å². The van der Waals surface area contributed by atoms with E-state index in [1.807, 2.05) is 45.0 Å². The van der Waals surface area contributed by atoms with Gasteiger partial charge in [0, 0.05) is 23.5 Å². The highest BCUT2D eigenvalue weighted by Crippen LogP contribution is 2.37. The number of carbonyl (C=O) groups excluding carboxylic acids is 1. The van der Waals surface area contributed by atoms with Crippen molar-refractivity contribution < 1.29 is 14.3 Å². The second-order valence-electron chi connectivity index (χ2n) is 12.4. The monoisotopic (exact) mass is 548 g/mol. The molecule has 0 spiro atoms. The normalized spacial score (nSPS) is 19.9. The van der Waals surface area contributed by atoms with E-state index in [1.165, 1.54) is 0 Å². The van der Waals surface area contributed by atoms with Crippen LogP contribution < -0.4 is 16.2 Å². The first-order valence-corrected chi connectivity index (χ1v) is 13.7. The Labute approximate surface area is 235 Å². The van der Waals surface area contributed by atoms with Crippen LogP contribution in [0.3, 0.4) is 0 Å². The Morgan fingerprint density at radius 1 is 1.25 bits per heavy atom. The Morgan fingerprint density at radius 2 is 1.95 bits per heavy atom. The first-order valence-electron chi connectivity index (χ1n) is 13.7. The fourth-order valence-electron chi connectivity index (χ4n) is 5.33. The molecule has 10 nitrogen and oxygen atoms in total. The quantitative estimate of drug-likeness (QED) is 0.341. The van der Waals surface area contributed by atoms with E-state index < -0.39 is 23.2 Å². The van der Waals surface area contributed by atoms with Crippen LogP contribution in [-0.4, -0.2) is 45.1 Å². The molecule has 10 heteroatoms.